The zero-order valence-corrected chi connectivity index (χ0v) is 9.14. The van der Waals surface area contributed by atoms with Crippen molar-refractivity contribution in [1.29, 1.82) is 0 Å². The van der Waals surface area contributed by atoms with E-state index < -0.39 is 0 Å². The summed E-state index contributed by atoms with van der Waals surface area (Å²) in [5.74, 6) is 0.175. The molecule has 0 aliphatic heterocycles. The van der Waals surface area contributed by atoms with Crippen LogP contribution in [0.15, 0.2) is 12.1 Å². The standard InChI is InChI=1S/C11H16ClNO/c1-8-6-9(4-2-3-5-13)11(12)10(14)7-8/h6-7,14H,2-5,13H2,1H3. The molecule has 3 heteroatoms. The molecule has 78 valence electrons. The Morgan fingerprint density at radius 2 is 2.07 bits per heavy atom. The van der Waals surface area contributed by atoms with E-state index in [1.165, 1.54) is 0 Å². The molecule has 0 fully saturated rings. The van der Waals surface area contributed by atoms with Gasteiger partial charge in [0.25, 0.3) is 0 Å². The number of hydrogen-bond acceptors (Lipinski definition) is 2. The van der Waals surface area contributed by atoms with E-state index in [0.717, 1.165) is 30.4 Å². The van der Waals surface area contributed by atoms with E-state index in [1.54, 1.807) is 6.07 Å². The van der Waals surface area contributed by atoms with Crippen LogP contribution in [0.3, 0.4) is 0 Å². The van der Waals surface area contributed by atoms with Crippen molar-refractivity contribution in [2.75, 3.05) is 6.54 Å². The van der Waals surface area contributed by atoms with Gasteiger partial charge in [-0.15, -0.1) is 0 Å². The van der Waals surface area contributed by atoms with Gasteiger partial charge >= 0.3 is 0 Å². The lowest BCUT2D eigenvalue weighted by atomic mass is 10.1. The molecule has 0 unspecified atom stereocenters. The van der Waals surface area contributed by atoms with Crippen LogP contribution < -0.4 is 5.73 Å². The summed E-state index contributed by atoms with van der Waals surface area (Å²) in [5.41, 5.74) is 7.46. The Hall–Kier alpha value is -0.730. The molecule has 0 atom stereocenters. The maximum Gasteiger partial charge on any atom is 0.134 e. The Kier molecular flexibility index (Phi) is 4.23. The highest BCUT2D eigenvalue weighted by atomic mass is 35.5. The average molecular weight is 214 g/mol. The second-order valence-corrected chi connectivity index (χ2v) is 3.88. The lowest BCUT2D eigenvalue weighted by Crippen LogP contribution is -1.99. The summed E-state index contributed by atoms with van der Waals surface area (Å²) in [6, 6.07) is 3.69. The molecule has 0 heterocycles. The van der Waals surface area contributed by atoms with Gasteiger partial charge in [-0.05, 0) is 49.9 Å². The van der Waals surface area contributed by atoms with Crippen molar-refractivity contribution in [2.24, 2.45) is 5.73 Å². The maximum absolute atomic E-state index is 9.48. The molecule has 3 N–H and O–H groups in total. The van der Waals surface area contributed by atoms with Gasteiger partial charge in [0.15, 0.2) is 0 Å². The number of hydrogen-bond donors (Lipinski definition) is 2. The summed E-state index contributed by atoms with van der Waals surface area (Å²) >= 11 is 5.96. The molecular formula is C11H16ClNO. The fraction of sp³-hybridized carbons (Fsp3) is 0.455. The highest BCUT2D eigenvalue weighted by molar-refractivity contribution is 6.32. The Bertz CT molecular complexity index is 312. The Labute approximate surface area is 89.7 Å². The first kappa shape index (κ1) is 11.3. The molecule has 0 saturated heterocycles. The van der Waals surface area contributed by atoms with Crippen LogP contribution in [-0.2, 0) is 6.42 Å². The summed E-state index contributed by atoms with van der Waals surface area (Å²) in [6.45, 7) is 2.65. The largest absolute Gasteiger partial charge is 0.506 e. The smallest absolute Gasteiger partial charge is 0.134 e. The van der Waals surface area contributed by atoms with Gasteiger partial charge in [-0.2, -0.15) is 0 Å². The van der Waals surface area contributed by atoms with Crippen molar-refractivity contribution in [3.05, 3.63) is 28.3 Å². The number of benzene rings is 1. The highest BCUT2D eigenvalue weighted by Crippen LogP contribution is 2.29. The molecule has 0 saturated carbocycles. The number of phenolic OH excluding ortho intramolecular Hbond substituents is 1. The van der Waals surface area contributed by atoms with Crippen LogP contribution in [0.4, 0.5) is 0 Å². The molecule has 0 aliphatic rings. The predicted octanol–water partition coefficient (Wildman–Crippen LogP) is 2.64. The van der Waals surface area contributed by atoms with Gasteiger partial charge in [-0.1, -0.05) is 17.7 Å². The minimum absolute atomic E-state index is 0.175. The summed E-state index contributed by atoms with van der Waals surface area (Å²) in [4.78, 5) is 0. The number of aromatic hydroxyl groups is 1. The third-order valence-electron chi connectivity index (χ3n) is 2.17. The normalized spacial score (nSPS) is 10.5. The van der Waals surface area contributed by atoms with Crippen LogP contribution in [0.25, 0.3) is 0 Å². The van der Waals surface area contributed by atoms with Crippen molar-refractivity contribution in [1.82, 2.24) is 0 Å². The Morgan fingerprint density at radius 3 is 2.71 bits per heavy atom. The van der Waals surface area contributed by atoms with Gasteiger partial charge in [0.1, 0.15) is 5.75 Å². The third kappa shape index (κ3) is 2.89. The zero-order chi connectivity index (χ0) is 10.6. The number of phenols is 1. The maximum atomic E-state index is 9.48. The first-order chi connectivity index (χ1) is 6.65. The zero-order valence-electron chi connectivity index (χ0n) is 8.39. The summed E-state index contributed by atoms with van der Waals surface area (Å²) in [6.07, 6.45) is 2.88. The van der Waals surface area contributed by atoms with Gasteiger partial charge < -0.3 is 10.8 Å². The molecule has 1 rings (SSSR count). The van der Waals surface area contributed by atoms with E-state index in [0.29, 0.717) is 11.6 Å². The highest BCUT2D eigenvalue weighted by Gasteiger charge is 2.06. The second kappa shape index (κ2) is 5.23. The molecule has 0 radical (unpaired) electrons. The number of halogens is 1. The molecule has 1 aromatic carbocycles. The monoisotopic (exact) mass is 213 g/mol. The topological polar surface area (TPSA) is 46.2 Å². The minimum atomic E-state index is 0.175. The van der Waals surface area contributed by atoms with Crippen LogP contribution in [0.5, 0.6) is 5.75 Å². The minimum Gasteiger partial charge on any atom is -0.506 e. The molecule has 0 amide bonds. The molecule has 2 nitrogen and oxygen atoms in total. The fourth-order valence-corrected chi connectivity index (χ4v) is 1.67. The van der Waals surface area contributed by atoms with Gasteiger partial charge in [0, 0.05) is 0 Å². The first-order valence-corrected chi connectivity index (χ1v) is 5.21. The fourth-order valence-electron chi connectivity index (χ4n) is 1.47. The summed E-state index contributed by atoms with van der Waals surface area (Å²) in [5, 5.41) is 9.96. The van der Waals surface area contributed by atoms with Crippen LogP contribution in [0, 0.1) is 6.92 Å². The van der Waals surface area contributed by atoms with E-state index in [1.807, 2.05) is 13.0 Å². The van der Waals surface area contributed by atoms with Gasteiger partial charge in [-0.25, -0.2) is 0 Å². The van der Waals surface area contributed by atoms with Crippen molar-refractivity contribution < 1.29 is 5.11 Å². The van der Waals surface area contributed by atoms with Crippen LogP contribution in [0.1, 0.15) is 24.0 Å². The Balaban J connectivity index is 2.75. The van der Waals surface area contributed by atoms with Crippen LogP contribution in [-0.4, -0.2) is 11.7 Å². The molecular weight excluding hydrogens is 198 g/mol. The third-order valence-corrected chi connectivity index (χ3v) is 2.61. The van der Waals surface area contributed by atoms with Crippen molar-refractivity contribution >= 4 is 11.6 Å². The molecule has 1 aromatic rings. The van der Waals surface area contributed by atoms with Crippen LogP contribution in [0.2, 0.25) is 5.02 Å². The Morgan fingerprint density at radius 1 is 1.36 bits per heavy atom. The van der Waals surface area contributed by atoms with E-state index >= 15 is 0 Å². The van der Waals surface area contributed by atoms with E-state index in [9.17, 15) is 5.11 Å². The van der Waals surface area contributed by atoms with Crippen molar-refractivity contribution in [3.63, 3.8) is 0 Å². The molecule has 0 aromatic heterocycles. The molecule has 14 heavy (non-hydrogen) atoms. The first-order valence-electron chi connectivity index (χ1n) is 4.83. The van der Waals surface area contributed by atoms with Crippen molar-refractivity contribution in [2.45, 2.75) is 26.2 Å². The quantitative estimate of drug-likeness (QED) is 0.756. The van der Waals surface area contributed by atoms with Gasteiger partial charge in [0.2, 0.25) is 0 Å². The SMILES string of the molecule is Cc1cc(O)c(Cl)c(CCCCN)c1. The van der Waals surface area contributed by atoms with Gasteiger partial charge in [0.05, 0.1) is 5.02 Å². The number of nitrogens with two attached hydrogens (primary N) is 1. The molecule has 0 spiro atoms. The van der Waals surface area contributed by atoms with E-state index in [4.69, 9.17) is 17.3 Å². The van der Waals surface area contributed by atoms with E-state index in [2.05, 4.69) is 0 Å². The van der Waals surface area contributed by atoms with Crippen molar-refractivity contribution in [3.8, 4) is 5.75 Å². The average Bonchev–Trinajstić information content (AvgIpc) is 2.13. The van der Waals surface area contributed by atoms with Crippen LogP contribution >= 0.6 is 11.6 Å². The summed E-state index contributed by atoms with van der Waals surface area (Å²) < 4.78 is 0. The number of aryl methyl sites for hydroxylation is 2. The predicted molar refractivity (Wildman–Crippen MR) is 59.8 cm³/mol. The number of unbranched alkanes of at least 4 members (excludes halogenated alkanes) is 1. The summed E-state index contributed by atoms with van der Waals surface area (Å²) in [7, 11) is 0. The molecule has 0 aliphatic carbocycles. The second-order valence-electron chi connectivity index (χ2n) is 3.50. The van der Waals surface area contributed by atoms with Gasteiger partial charge in [-0.3, -0.25) is 0 Å². The lowest BCUT2D eigenvalue weighted by molar-refractivity contribution is 0.474. The van der Waals surface area contributed by atoms with E-state index in [-0.39, 0.29) is 5.75 Å². The lowest BCUT2D eigenvalue weighted by Gasteiger charge is -2.07. The molecule has 0 bridgehead atoms. The number of rotatable bonds is 4.